The molecule has 1 aromatic carbocycles. The number of nitrogens with one attached hydrogen (secondary N) is 1. The monoisotopic (exact) mass is 306 g/mol. The number of benzene rings is 1. The molecule has 2 rings (SSSR count). The van der Waals surface area contributed by atoms with E-state index in [9.17, 15) is 14.4 Å². The summed E-state index contributed by atoms with van der Waals surface area (Å²) in [5.41, 5.74) is 0.446. The minimum Gasteiger partial charge on any atom is -0.480 e. The predicted molar refractivity (Wildman–Crippen MR) is 77.3 cm³/mol. The molecule has 1 saturated heterocycles. The van der Waals surface area contributed by atoms with Gasteiger partial charge in [-0.3, -0.25) is 9.59 Å². The molecule has 2 atom stereocenters. The summed E-state index contributed by atoms with van der Waals surface area (Å²) in [6, 6.07) is 7.59. The third-order valence-electron chi connectivity index (χ3n) is 3.64. The third-order valence-corrected chi connectivity index (χ3v) is 3.64. The minimum absolute atomic E-state index is 0.216. The molecule has 1 fully saturated rings. The van der Waals surface area contributed by atoms with E-state index >= 15 is 0 Å². The van der Waals surface area contributed by atoms with Gasteiger partial charge in [-0.15, -0.1) is 0 Å². The molecule has 2 amide bonds. The Morgan fingerprint density at radius 1 is 1.32 bits per heavy atom. The maximum absolute atomic E-state index is 12.1. The molecule has 0 aliphatic carbocycles. The first kappa shape index (κ1) is 16.0. The van der Waals surface area contributed by atoms with Gasteiger partial charge >= 0.3 is 5.97 Å². The normalized spacial score (nSPS) is 20.7. The molecule has 1 aliphatic rings. The first-order valence-corrected chi connectivity index (χ1v) is 6.91. The van der Waals surface area contributed by atoms with Crippen LogP contribution in [0.15, 0.2) is 30.3 Å². The van der Waals surface area contributed by atoms with Crippen LogP contribution in [0.3, 0.4) is 0 Å². The van der Waals surface area contributed by atoms with E-state index in [0.29, 0.717) is 5.56 Å². The van der Waals surface area contributed by atoms with Gasteiger partial charge in [0.2, 0.25) is 5.91 Å². The van der Waals surface area contributed by atoms with E-state index in [2.05, 4.69) is 5.32 Å². The molecule has 1 aromatic rings. The Bertz CT molecular complexity index is 560. The zero-order valence-electron chi connectivity index (χ0n) is 12.2. The number of carbonyl (C=O) groups is 3. The van der Waals surface area contributed by atoms with Gasteiger partial charge in [0.1, 0.15) is 6.04 Å². The zero-order chi connectivity index (χ0) is 16.1. The highest BCUT2D eigenvalue weighted by atomic mass is 16.5. The van der Waals surface area contributed by atoms with Crippen LogP contribution in [0, 0.1) is 0 Å². The molecule has 118 valence electrons. The highest BCUT2D eigenvalue weighted by Gasteiger charge is 2.39. The van der Waals surface area contributed by atoms with Crippen molar-refractivity contribution in [1.82, 2.24) is 10.2 Å². The lowest BCUT2D eigenvalue weighted by Crippen LogP contribution is -2.45. The van der Waals surface area contributed by atoms with Gasteiger partial charge in [-0.05, 0) is 12.1 Å². The van der Waals surface area contributed by atoms with E-state index < -0.39 is 17.9 Å². The Morgan fingerprint density at radius 2 is 2.00 bits per heavy atom. The van der Waals surface area contributed by atoms with Gasteiger partial charge in [0.25, 0.3) is 5.91 Å². The first-order valence-electron chi connectivity index (χ1n) is 6.91. The Balaban J connectivity index is 1.94. The minimum atomic E-state index is -1.07. The summed E-state index contributed by atoms with van der Waals surface area (Å²) in [7, 11) is 1.48. The summed E-state index contributed by atoms with van der Waals surface area (Å²) >= 11 is 0. The molecule has 0 aromatic heterocycles. The van der Waals surface area contributed by atoms with Crippen LogP contribution in [-0.2, 0) is 14.3 Å². The van der Waals surface area contributed by atoms with Crippen molar-refractivity contribution >= 4 is 17.8 Å². The second-order valence-electron chi connectivity index (χ2n) is 5.04. The molecule has 7 nitrogen and oxygen atoms in total. The van der Waals surface area contributed by atoms with Crippen LogP contribution in [0.25, 0.3) is 0 Å². The molecule has 1 aliphatic heterocycles. The number of rotatable bonds is 5. The van der Waals surface area contributed by atoms with E-state index in [0.717, 1.165) is 0 Å². The van der Waals surface area contributed by atoms with Gasteiger partial charge in [-0.2, -0.15) is 0 Å². The van der Waals surface area contributed by atoms with Crippen molar-refractivity contribution in [3.63, 3.8) is 0 Å². The largest absolute Gasteiger partial charge is 0.480 e. The van der Waals surface area contributed by atoms with Crippen molar-refractivity contribution in [3.05, 3.63) is 35.9 Å². The number of carboxylic acids is 1. The molecule has 22 heavy (non-hydrogen) atoms. The quantitative estimate of drug-likeness (QED) is 0.805. The molecule has 7 heteroatoms. The standard InChI is InChI=1S/C15H18N2O5/c1-22-11-7-12(15(20)21)17(9-11)13(18)8-16-14(19)10-5-3-2-4-6-10/h2-6,11-12H,7-9H2,1H3,(H,16,19)(H,20,21). The second kappa shape index (κ2) is 7.04. The van der Waals surface area contributed by atoms with E-state index in [1.54, 1.807) is 30.3 Å². The van der Waals surface area contributed by atoms with Crippen molar-refractivity contribution in [1.29, 1.82) is 0 Å². The molecule has 0 radical (unpaired) electrons. The van der Waals surface area contributed by atoms with Crippen LogP contribution in [0.1, 0.15) is 16.8 Å². The second-order valence-corrected chi connectivity index (χ2v) is 5.04. The lowest BCUT2D eigenvalue weighted by atomic mass is 10.2. The number of nitrogens with zero attached hydrogens (tertiary/aromatic N) is 1. The topological polar surface area (TPSA) is 95.9 Å². The summed E-state index contributed by atoms with van der Waals surface area (Å²) < 4.78 is 5.12. The van der Waals surface area contributed by atoms with E-state index in [4.69, 9.17) is 9.84 Å². The molecule has 0 saturated carbocycles. The summed E-state index contributed by atoms with van der Waals surface area (Å²) in [4.78, 5) is 36.5. The fraction of sp³-hybridized carbons (Fsp3) is 0.400. The number of hydrogen-bond acceptors (Lipinski definition) is 4. The van der Waals surface area contributed by atoms with E-state index in [1.807, 2.05) is 0 Å². The molecule has 2 N–H and O–H groups in total. The number of ether oxygens (including phenoxy) is 1. The van der Waals surface area contributed by atoms with E-state index in [1.165, 1.54) is 12.0 Å². The molecule has 2 unspecified atom stereocenters. The number of hydrogen-bond donors (Lipinski definition) is 2. The van der Waals surface area contributed by atoms with E-state index in [-0.39, 0.29) is 31.5 Å². The first-order chi connectivity index (χ1) is 10.5. The Hall–Kier alpha value is -2.41. The van der Waals surface area contributed by atoms with Crippen LogP contribution in [0.4, 0.5) is 0 Å². The van der Waals surface area contributed by atoms with Crippen LogP contribution in [0.5, 0.6) is 0 Å². The fourth-order valence-electron chi connectivity index (χ4n) is 2.43. The lowest BCUT2D eigenvalue weighted by molar-refractivity contribution is -0.147. The summed E-state index contributed by atoms with van der Waals surface area (Å²) in [6.45, 7) is -0.0263. The van der Waals surface area contributed by atoms with Gasteiger partial charge in [-0.25, -0.2) is 4.79 Å². The fourth-order valence-corrected chi connectivity index (χ4v) is 2.43. The van der Waals surface area contributed by atoms with Crippen molar-refractivity contribution in [2.75, 3.05) is 20.2 Å². The molecule has 0 bridgehead atoms. The van der Waals surface area contributed by atoms with Crippen LogP contribution >= 0.6 is 0 Å². The smallest absolute Gasteiger partial charge is 0.326 e. The molecule has 0 spiro atoms. The third kappa shape index (κ3) is 3.62. The van der Waals surface area contributed by atoms with Gasteiger partial charge in [0, 0.05) is 25.6 Å². The number of likely N-dealkylation sites (tertiary alicyclic amines) is 1. The van der Waals surface area contributed by atoms with Crippen molar-refractivity contribution in [3.8, 4) is 0 Å². The van der Waals surface area contributed by atoms with Crippen molar-refractivity contribution in [2.45, 2.75) is 18.6 Å². The van der Waals surface area contributed by atoms with Crippen LogP contribution in [0.2, 0.25) is 0 Å². The predicted octanol–water partition coefficient (Wildman–Crippen LogP) is 0.117. The number of carbonyl (C=O) groups excluding carboxylic acids is 2. The van der Waals surface area contributed by atoms with Gasteiger partial charge in [0.15, 0.2) is 0 Å². The van der Waals surface area contributed by atoms with Gasteiger partial charge in [0.05, 0.1) is 12.6 Å². The summed E-state index contributed by atoms with van der Waals surface area (Å²) in [5, 5.41) is 11.7. The summed E-state index contributed by atoms with van der Waals surface area (Å²) in [6.07, 6.45) is -0.0422. The molecular weight excluding hydrogens is 288 g/mol. The number of carboxylic acid groups (broad SMARTS) is 1. The Labute approximate surface area is 127 Å². The average molecular weight is 306 g/mol. The Morgan fingerprint density at radius 3 is 2.59 bits per heavy atom. The molecular formula is C15H18N2O5. The average Bonchev–Trinajstić information content (AvgIpc) is 2.98. The Kier molecular flexibility index (Phi) is 5.11. The van der Waals surface area contributed by atoms with Crippen LogP contribution in [-0.4, -0.2) is 60.1 Å². The number of aliphatic carboxylic acids is 1. The van der Waals surface area contributed by atoms with Crippen molar-refractivity contribution in [2.24, 2.45) is 0 Å². The molecule has 1 heterocycles. The number of amides is 2. The number of methoxy groups -OCH3 is 1. The highest BCUT2D eigenvalue weighted by molar-refractivity contribution is 5.96. The maximum atomic E-state index is 12.1. The van der Waals surface area contributed by atoms with Gasteiger partial charge < -0.3 is 20.1 Å². The zero-order valence-corrected chi connectivity index (χ0v) is 12.2. The lowest BCUT2D eigenvalue weighted by Gasteiger charge is -2.21. The van der Waals surface area contributed by atoms with Crippen molar-refractivity contribution < 1.29 is 24.2 Å². The summed E-state index contributed by atoms with van der Waals surface area (Å²) in [5.74, 6) is -1.87. The highest BCUT2D eigenvalue weighted by Crippen LogP contribution is 2.20. The van der Waals surface area contributed by atoms with Gasteiger partial charge in [-0.1, -0.05) is 18.2 Å². The SMILES string of the molecule is COC1CC(C(=O)O)N(C(=O)CNC(=O)c2ccccc2)C1. The van der Waals surface area contributed by atoms with Crippen LogP contribution < -0.4 is 5.32 Å². The maximum Gasteiger partial charge on any atom is 0.326 e.